The molecule has 0 fully saturated rings. The van der Waals surface area contributed by atoms with Gasteiger partial charge >= 0.3 is 0 Å². The summed E-state index contributed by atoms with van der Waals surface area (Å²) in [5.74, 6) is -0.310. The van der Waals surface area contributed by atoms with Gasteiger partial charge in [-0.2, -0.15) is 0 Å². The van der Waals surface area contributed by atoms with Crippen LogP contribution in [-0.2, 0) is 0 Å². The predicted molar refractivity (Wildman–Crippen MR) is 93.3 cm³/mol. The topological polar surface area (TPSA) is 58.9 Å². The van der Waals surface area contributed by atoms with Crippen LogP contribution in [0.4, 0.5) is 0 Å². The maximum absolute atomic E-state index is 11.3. The fraction of sp³-hybridized carbons (Fsp3) is 0.158. The third-order valence-corrected chi connectivity index (χ3v) is 4.14. The molecule has 3 aromatic rings. The van der Waals surface area contributed by atoms with Gasteiger partial charge in [-0.1, -0.05) is 54.6 Å². The van der Waals surface area contributed by atoms with E-state index < -0.39 is 0 Å². The summed E-state index contributed by atoms with van der Waals surface area (Å²) in [5.41, 5.74) is 4.84. The quantitative estimate of drug-likeness (QED) is 0.556. The molecule has 1 N–H and O–H groups in total. The van der Waals surface area contributed by atoms with Crippen LogP contribution in [0, 0.1) is 17.0 Å². The van der Waals surface area contributed by atoms with E-state index in [1.165, 1.54) is 0 Å². The van der Waals surface area contributed by atoms with Gasteiger partial charge in [0.25, 0.3) is 0 Å². The number of hydrogen-bond donors (Lipinski definition) is 1. The molecule has 0 saturated heterocycles. The highest BCUT2D eigenvalue weighted by atomic mass is 16.6. The first kappa shape index (κ1) is 15.0. The van der Waals surface area contributed by atoms with Crippen LogP contribution in [0.5, 0.6) is 0 Å². The number of H-pyrrole nitrogens is 1. The highest BCUT2D eigenvalue weighted by Gasteiger charge is 2.25. The lowest BCUT2D eigenvalue weighted by molar-refractivity contribution is -0.481. The van der Waals surface area contributed by atoms with Crippen molar-refractivity contribution >= 4 is 17.0 Å². The molecular formula is C19H18N2O2. The summed E-state index contributed by atoms with van der Waals surface area (Å²) in [6, 6.07) is 15.8. The van der Waals surface area contributed by atoms with Crippen LogP contribution in [0.15, 0.2) is 55.1 Å². The molecule has 0 radical (unpaired) electrons. The molecule has 4 nitrogen and oxygen atoms in total. The first-order valence-electron chi connectivity index (χ1n) is 7.51. The molecule has 3 rings (SSSR count). The number of aromatic nitrogens is 1. The van der Waals surface area contributed by atoms with E-state index in [0.717, 1.165) is 33.3 Å². The van der Waals surface area contributed by atoms with E-state index in [1.54, 1.807) is 6.08 Å². The van der Waals surface area contributed by atoms with Gasteiger partial charge in [-0.05, 0) is 30.2 Å². The number of para-hydroxylation sites is 1. The molecule has 23 heavy (non-hydrogen) atoms. The van der Waals surface area contributed by atoms with Crippen LogP contribution in [0.1, 0.15) is 28.3 Å². The molecule has 116 valence electrons. The average Bonchev–Trinajstić information content (AvgIpc) is 2.92. The third-order valence-electron chi connectivity index (χ3n) is 4.14. The summed E-state index contributed by atoms with van der Waals surface area (Å²) in [4.78, 5) is 14.3. The van der Waals surface area contributed by atoms with E-state index >= 15 is 0 Å². The van der Waals surface area contributed by atoms with E-state index in [0.29, 0.717) is 0 Å². The first-order chi connectivity index (χ1) is 11.1. The Bertz CT molecular complexity index is 863. The number of nitrogens with zero attached hydrogens (tertiary/aromatic N) is 1. The monoisotopic (exact) mass is 306 g/mol. The lowest BCUT2D eigenvalue weighted by Gasteiger charge is -2.15. The molecule has 1 heterocycles. The molecule has 0 aliphatic rings. The van der Waals surface area contributed by atoms with Gasteiger partial charge < -0.3 is 4.98 Å². The number of aromatic amines is 1. The van der Waals surface area contributed by atoms with Gasteiger partial charge in [0.15, 0.2) is 0 Å². The van der Waals surface area contributed by atoms with Gasteiger partial charge in [0, 0.05) is 21.5 Å². The van der Waals surface area contributed by atoms with Crippen molar-refractivity contribution in [1.29, 1.82) is 0 Å². The minimum Gasteiger partial charge on any atom is -0.355 e. The molecule has 0 unspecified atom stereocenters. The Morgan fingerprint density at radius 2 is 1.91 bits per heavy atom. The largest absolute Gasteiger partial charge is 0.355 e. The number of aryl methyl sites for hydroxylation is 1. The van der Waals surface area contributed by atoms with E-state index in [1.807, 2.05) is 55.5 Å². The second-order valence-electron chi connectivity index (χ2n) is 5.68. The molecule has 0 bridgehead atoms. The molecule has 0 spiro atoms. The molecule has 0 aliphatic heterocycles. The minimum atomic E-state index is -0.310. The van der Waals surface area contributed by atoms with Gasteiger partial charge in [0.2, 0.25) is 6.54 Å². The summed E-state index contributed by atoms with van der Waals surface area (Å²) in [6.07, 6.45) is 1.73. The second kappa shape index (κ2) is 6.08. The Hall–Kier alpha value is -2.88. The van der Waals surface area contributed by atoms with Gasteiger partial charge in [-0.3, -0.25) is 10.1 Å². The van der Waals surface area contributed by atoms with Crippen molar-refractivity contribution in [2.75, 3.05) is 6.54 Å². The van der Waals surface area contributed by atoms with Crippen molar-refractivity contribution in [2.24, 2.45) is 0 Å². The SMILES string of the molecule is C=Cc1[nH]c2ccccc2c1[C@@H](C[N+](=O)[O-])c1ccc(C)cc1. The van der Waals surface area contributed by atoms with E-state index in [4.69, 9.17) is 0 Å². The first-order valence-corrected chi connectivity index (χ1v) is 7.51. The van der Waals surface area contributed by atoms with Crippen LogP contribution in [0.3, 0.4) is 0 Å². The van der Waals surface area contributed by atoms with Crippen LogP contribution in [0.2, 0.25) is 0 Å². The maximum Gasteiger partial charge on any atom is 0.214 e. The highest BCUT2D eigenvalue weighted by Crippen LogP contribution is 2.34. The molecule has 0 aliphatic carbocycles. The zero-order valence-electron chi connectivity index (χ0n) is 13.0. The van der Waals surface area contributed by atoms with E-state index in [2.05, 4.69) is 11.6 Å². The lowest BCUT2D eigenvalue weighted by atomic mass is 9.88. The van der Waals surface area contributed by atoms with Gasteiger partial charge in [-0.15, -0.1) is 0 Å². The number of benzene rings is 2. The van der Waals surface area contributed by atoms with E-state index in [9.17, 15) is 10.1 Å². The Kier molecular flexibility index (Phi) is 3.98. The van der Waals surface area contributed by atoms with Gasteiger partial charge in [-0.25, -0.2) is 0 Å². The zero-order valence-corrected chi connectivity index (χ0v) is 13.0. The number of nitrogens with one attached hydrogen (secondary N) is 1. The van der Waals surface area contributed by atoms with Crippen LogP contribution in [-0.4, -0.2) is 16.5 Å². The predicted octanol–water partition coefficient (Wildman–Crippen LogP) is 4.53. The molecular weight excluding hydrogens is 288 g/mol. The van der Waals surface area contributed by atoms with Crippen molar-refractivity contribution < 1.29 is 4.92 Å². The number of fused-ring (bicyclic) bond motifs is 1. The molecule has 2 aromatic carbocycles. The molecule has 4 heteroatoms. The summed E-state index contributed by atoms with van der Waals surface area (Å²) < 4.78 is 0. The average molecular weight is 306 g/mol. The van der Waals surface area contributed by atoms with Crippen molar-refractivity contribution in [1.82, 2.24) is 4.98 Å². The Morgan fingerprint density at radius 1 is 1.22 bits per heavy atom. The summed E-state index contributed by atoms with van der Waals surface area (Å²) in [7, 11) is 0. The van der Waals surface area contributed by atoms with Crippen molar-refractivity contribution in [2.45, 2.75) is 12.8 Å². The van der Waals surface area contributed by atoms with Crippen LogP contribution < -0.4 is 0 Å². The Morgan fingerprint density at radius 3 is 2.57 bits per heavy atom. The molecule has 1 aromatic heterocycles. The smallest absolute Gasteiger partial charge is 0.214 e. The number of hydrogen-bond acceptors (Lipinski definition) is 2. The van der Waals surface area contributed by atoms with Crippen molar-refractivity contribution in [3.63, 3.8) is 0 Å². The second-order valence-corrected chi connectivity index (χ2v) is 5.68. The maximum atomic E-state index is 11.3. The molecule has 0 amide bonds. The van der Waals surface area contributed by atoms with Crippen LogP contribution in [0.25, 0.3) is 17.0 Å². The highest BCUT2D eigenvalue weighted by molar-refractivity contribution is 5.88. The van der Waals surface area contributed by atoms with E-state index in [-0.39, 0.29) is 17.4 Å². The Labute approximate surface area is 134 Å². The van der Waals surface area contributed by atoms with Crippen LogP contribution >= 0.6 is 0 Å². The minimum absolute atomic E-state index is 0.147. The van der Waals surface area contributed by atoms with Crippen molar-refractivity contribution in [3.05, 3.63) is 87.6 Å². The summed E-state index contributed by atoms with van der Waals surface area (Å²) >= 11 is 0. The molecule has 1 atom stereocenters. The number of rotatable bonds is 5. The Balaban J connectivity index is 2.22. The summed E-state index contributed by atoms with van der Waals surface area (Å²) in [6.45, 7) is 5.72. The number of nitro groups is 1. The lowest BCUT2D eigenvalue weighted by Crippen LogP contribution is -2.14. The van der Waals surface area contributed by atoms with Gasteiger partial charge in [0.1, 0.15) is 0 Å². The fourth-order valence-corrected chi connectivity index (χ4v) is 3.03. The third kappa shape index (κ3) is 2.88. The molecule has 0 saturated carbocycles. The summed E-state index contributed by atoms with van der Waals surface area (Å²) in [5, 5.41) is 12.3. The van der Waals surface area contributed by atoms with Gasteiger partial charge in [0.05, 0.1) is 5.92 Å². The fourth-order valence-electron chi connectivity index (χ4n) is 3.03. The zero-order chi connectivity index (χ0) is 16.4. The van der Waals surface area contributed by atoms with Crippen molar-refractivity contribution in [3.8, 4) is 0 Å². The standard InChI is InChI=1S/C19H18N2O2/c1-3-17-19(15-6-4-5-7-18(15)20-17)16(12-21(22)23)14-10-8-13(2)9-11-14/h3-11,16,20H,1,12H2,2H3/t16-/m0/s1. The normalized spacial score (nSPS) is 12.2.